The highest BCUT2D eigenvalue weighted by Crippen LogP contribution is 2.19. The molecule has 0 aliphatic rings. The molecule has 1 aromatic carbocycles. The van der Waals surface area contributed by atoms with Crippen LogP contribution in [0.3, 0.4) is 0 Å². The first-order valence-electron chi connectivity index (χ1n) is 6.18. The number of hydrogen-bond donors (Lipinski definition) is 0. The van der Waals surface area contributed by atoms with Crippen LogP contribution in [0.2, 0.25) is 0 Å². The average Bonchev–Trinajstić information content (AvgIpc) is 2.44. The van der Waals surface area contributed by atoms with Crippen molar-refractivity contribution in [3.63, 3.8) is 0 Å². The standard InChI is InChI=1S/C15H18O4/c1-4-11-10-12(19-5-2)6-7-13(11)14(16)8-9-15(17)18-3/h6-10H,4-5H2,1-3H3/b9-8+. The topological polar surface area (TPSA) is 52.6 Å². The molecule has 0 saturated heterocycles. The fourth-order valence-electron chi connectivity index (χ4n) is 1.66. The number of rotatable bonds is 6. The molecule has 4 heteroatoms. The Morgan fingerprint density at radius 3 is 2.53 bits per heavy atom. The van der Waals surface area contributed by atoms with Crippen LogP contribution in [0.25, 0.3) is 0 Å². The Labute approximate surface area is 113 Å². The summed E-state index contributed by atoms with van der Waals surface area (Å²) in [5.41, 5.74) is 1.47. The van der Waals surface area contributed by atoms with E-state index in [0.29, 0.717) is 18.6 Å². The highest BCUT2D eigenvalue weighted by atomic mass is 16.5. The maximum absolute atomic E-state index is 12.0. The molecular formula is C15H18O4. The van der Waals surface area contributed by atoms with Gasteiger partial charge in [0.2, 0.25) is 0 Å². The van der Waals surface area contributed by atoms with Crippen molar-refractivity contribution in [2.24, 2.45) is 0 Å². The molecule has 19 heavy (non-hydrogen) atoms. The summed E-state index contributed by atoms with van der Waals surface area (Å²) in [6, 6.07) is 5.32. The summed E-state index contributed by atoms with van der Waals surface area (Å²) in [6.07, 6.45) is 3.06. The molecule has 1 aromatic rings. The lowest BCUT2D eigenvalue weighted by Gasteiger charge is -2.08. The Bertz CT molecular complexity index is 489. The molecule has 0 aliphatic carbocycles. The van der Waals surface area contributed by atoms with Gasteiger partial charge < -0.3 is 9.47 Å². The first-order chi connectivity index (χ1) is 9.12. The van der Waals surface area contributed by atoms with E-state index in [4.69, 9.17) is 4.74 Å². The van der Waals surface area contributed by atoms with Gasteiger partial charge in [0.15, 0.2) is 5.78 Å². The average molecular weight is 262 g/mol. The zero-order valence-electron chi connectivity index (χ0n) is 11.4. The summed E-state index contributed by atoms with van der Waals surface area (Å²) in [4.78, 5) is 22.9. The Kier molecular flexibility index (Phi) is 5.79. The quantitative estimate of drug-likeness (QED) is 0.449. The van der Waals surface area contributed by atoms with Crippen LogP contribution in [-0.4, -0.2) is 25.5 Å². The highest BCUT2D eigenvalue weighted by molar-refractivity contribution is 6.08. The zero-order valence-corrected chi connectivity index (χ0v) is 11.4. The molecule has 0 atom stereocenters. The maximum atomic E-state index is 12.0. The fourth-order valence-corrected chi connectivity index (χ4v) is 1.66. The van der Waals surface area contributed by atoms with E-state index in [0.717, 1.165) is 17.4 Å². The molecule has 0 amide bonds. The van der Waals surface area contributed by atoms with Gasteiger partial charge in [-0.3, -0.25) is 4.79 Å². The maximum Gasteiger partial charge on any atom is 0.330 e. The molecule has 0 aromatic heterocycles. The minimum absolute atomic E-state index is 0.217. The lowest BCUT2D eigenvalue weighted by Crippen LogP contribution is -2.03. The second-order valence-corrected chi connectivity index (χ2v) is 3.83. The van der Waals surface area contributed by atoms with Gasteiger partial charge in [0, 0.05) is 11.6 Å². The Hall–Kier alpha value is -2.10. The van der Waals surface area contributed by atoms with Gasteiger partial charge in [-0.1, -0.05) is 6.92 Å². The van der Waals surface area contributed by atoms with E-state index in [-0.39, 0.29) is 5.78 Å². The summed E-state index contributed by atoms with van der Waals surface area (Å²) >= 11 is 0. The van der Waals surface area contributed by atoms with Gasteiger partial charge in [0.25, 0.3) is 0 Å². The van der Waals surface area contributed by atoms with Crippen molar-refractivity contribution >= 4 is 11.8 Å². The first-order valence-corrected chi connectivity index (χ1v) is 6.18. The molecule has 0 saturated carbocycles. The van der Waals surface area contributed by atoms with Gasteiger partial charge in [-0.05, 0) is 43.2 Å². The van der Waals surface area contributed by atoms with Crippen LogP contribution in [0, 0.1) is 0 Å². The van der Waals surface area contributed by atoms with Crippen molar-refractivity contribution in [1.82, 2.24) is 0 Å². The van der Waals surface area contributed by atoms with E-state index in [2.05, 4.69) is 4.74 Å². The minimum atomic E-state index is -0.544. The van der Waals surface area contributed by atoms with Gasteiger partial charge in [0.1, 0.15) is 5.75 Å². The Morgan fingerprint density at radius 2 is 1.95 bits per heavy atom. The number of ketones is 1. The van der Waals surface area contributed by atoms with Crippen LogP contribution < -0.4 is 4.74 Å². The number of hydrogen-bond acceptors (Lipinski definition) is 4. The van der Waals surface area contributed by atoms with Crippen LogP contribution in [0.5, 0.6) is 5.75 Å². The van der Waals surface area contributed by atoms with Gasteiger partial charge in [0.05, 0.1) is 13.7 Å². The monoisotopic (exact) mass is 262 g/mol. The molecule has 0 fully saturated rings. The number of methoxy groups -OCH3 is 1. The van der Waals surface area contributed by atoms with Gasteiger partial charge >= 0.3 is 5.97 Å². The van der Waals surface area contributed by atoms with E-state index < -0.39 is 5.97 Å². The van der Waals surface area contributed by atoms with Crippen molar-refractivity contribution in [3.8, 4) is 5.75 Å². The van der Waals surface area contributed by atoms with Crippen LogP contribution in [0.15, 0.2) is 30.4 Å². The molecule has 0 unspecified atom stereocenters. The van der Waals surface area contributed by atoms with Crippen LogP contribution >= 0.6 is 0 Å². The van der Waals surface area contributed by atoms with Crippen LogP contribution in [0.1, 0.15) is 29.8 Å². The van der Waals surface area contributed by atoms with Crippen molar-refractivity contribution in [1.29, 1.82) is 0 Å². The number of esters is 1. The second-order valence-electron chi connectivity index (χ2n) is 3.83. The lowest BCUT2D eigenvalue weighted by atomic mass is 10.0. The third-order valence-electron chi connectivity index (χ3n) is 2.61. The van der Waals surface area contributed by atoms with E-state index in [1.54, 1.807) is 12.1 Å². The molecule has 0 heterocycles. The lowest BCUT2D eigenvalue weighted by molar-refractivity contribution is -0.134. The number of ether oxygens (including phenoxy) is 2. The van der Waals surface area contributed by atoms with Crippen molar-refractivity contribution in [3.05, 3.63) is 41.5 Å². The molecule has 0 N–H and O–H groups in total. The van der Waals surface area contributed by atoms with Crippen molar-refractivity contribution in [2.75, 3.05) is 13.7 Å². The predicted octanol–water partition coefficient (Wildman–Crippen LogP) is 2.56. The van der Waals surface area contributed by atoms with Gasteiger partial charge in [-0.15, -0.1) is 0 Å². The molecule has 0 bridgehead atoms. The minimum Gasteiger partial charge on any atom is -0.494 e. The summed E-state index contributed by atoms with van der Waals surface area (Å²) in [6.45, 7) is 4.45. The summed E-state index contributed by atoms with van der Waals surface area (Å²) in [5, 5.41) is 0. The highest BCUT2D eigenvalue weighted by Gasteiger charge is 2.09. The third kappa shape index (κ3) is 4.25. The number of benzene rings is 1. The molecule has 4 nitrogen and oxygen atoms in total. The number of carbonyl (C=O) groups excluding carboxylic acids is 2. The Morgan fingerprint density at radius 1 is 1.21 bits per heavy atom. The Balaban J connectivity index is 2.96. The smallest absolute Gasteiger partial charge is 0.330 e. The van der Waals surface area contributed by atoms with E-state index in [9.17, 15) is 9.59 Å². The summed E-state index contributed by atoms with van der Waals surface area (Å²) in [5.74, 6) is -0.0181. The molecule has 1 rings (SSSR count). The third-order valence-corrected chi connectivity index (χ3v) is 2.61. The van der Waals surface area contributed by atoms with E-state index >= 15 is 0 Å². The van der Waals surface area contributed by atoms with Crippen molar-refractivity contribution < 1.29 is 19.1 Å². The number of allylic oxidation sites excluding steroid dienone is 1. The second kappa shape index (κ2) is 7.36. The predicted molar refractivity (Wildman–Crippen MR) is 72.5 cm³/mol. The SMILES string of the molecule is CCOc1ccc(C(=O)/C=C/C(=O)OC)c(CC)c1. The van der Waals surface area contributed by atoms with Gasteiger partial charge in [-0.2, -0.15) is 0 Å². The normalized spacial score (nSPS) is 10.5. The summed E-state index contributed by atoms with van der Waals surface area (Å²) < 4.78 is 9.84. The largest absolute Gasteiger partial charge is 0.494 e. The molecule has 102 valence electrons. The summed E-state index contributed by atoms with van der Waals surface area (Å²) in [7, 11) is 1.27. The van der Waals surface area contributed by atoms with Crippen LogP contribution in [-0.2, 0) is 16.0 Å². The van der Waals surface area contributed by atoms with Gasteiger partial charge in [-0.25, -0.2) is 4.79 Å². The number of aryl methyl sites for hydroxylation is 1. The van der Waals surface area contributed by atoms with E-state index in [1.807, 2.05) is 19.9 Å². The zero-order chi connectivity index (χ0) is 14.3. The molecule has 0 radical (unpaired) electrons. The van der Waals surface area contributed by atoms with Crippen LogP contribution in [0.4, 0.5) is 0 Å². The molecular weight excluding hydrogens is 244 g/mol. The first kappa shape index (κ1) is 15.0. The van der Waals surface area contributed by atoms with E-state index in [1.165, 1.54) is 13.2 Å². The molecule has 0 aliphatic heterocycles. The number of carbonyl (C=O) groups is 2. The molecule has 0 spiro atoms. The fraction of sp³-hybridized carbons (Fsp3) is 0.333. The van der Waals surface area contributed by atoms with Crippen molar-refractivity contribution in [2.45, 2.75) is 20.3 Å².